The second-order valence-corrected chi connectivity index (χ2v) is 8.23. The molecule has 0 radical (unpaired) electrons. The van der Waals surface area contributed by atoms with Crippen LogP contribution >= 0.6 is 23.1 Å². The lowest BCUT2D eigenvalue weighted by molar-refractivity contribution is 0.414. The highest BCUT2D eigenvalue weighted by molar-refractivity contribution is 7.99. The van der Waals surface area contributed by atoms with E-state index in [9.17, 15) is 0 Å². The standard InChI is InChI=1S/C18H18N6O2S2/c1-11(16-21-22-17(26-16)14-4-3-9-27-14)28-18-23-20-15(24(18)19)10-12-5-7-13(25-2)8-6-12/h3-9,11H,10,19H2,1-2H3/t11-/m1/s1. The van der Waals surface area contributed by atoms with E-state index in [0.29, 0.717) is 29.2 Å². The van der Waals surface area contributed by atoms with Crippen LogP contribution in [-0.4, -0.2) is 32.2 Å². The summed E-state index contributed by atoms with van der Waals surface area (Å²) in [5.41, 5.74) is 1.07. The van der Waals surface area contributed by atoms with Gasteiger partial charge in [-0.1, -0.05) is 30.0 Å². The number of benzene rings is 1. The molecule has 0 saturated carbocycles. The average molecular weight is 415 g/mol. The van der Waals surface area contributed by atoms with Crippen molar-refractivity contribution in [2.45, 2.75) is 23.8 Å². The van der Waals surface area contributed by atoms with Crippen molar-refractivity contribution in [1.82, 2.24) is 25.1 Å². The van der Waals surface area contributed by atoms with Crippen molar-refractivity contribution in [3.63, 3.8) is 0 Å². The molecule has 0 bridgehead atoms. The summed E-state index contributed by atoms with van der Waals surface area (Å²) in [7, 11) is 1.64. The summed E-state index contributed by atoms with van der Waals surface area (Å²) in [5, 5.41) is 19.1. The van der Waals surface area contributed by atoms with E-state index in [1.807, 2.05) is 48.7 Å². The van der Waals surface area contributed by atoms with E-state index in [2.05, 4.69) is 20.4 Å². The number of ether oxygens (including phenoxy) is 1. The molecule has 3 heterocycles. The van der Waals surface area contributed by atoms with E-state index >= 15 is 0 Å². The van der Waals surface area contributed by atoms with Gasteiger partial charge in [0.05, 0.1) is 17.2 Å². The Balaban J connectivity index is 1.45. The Morgan fingerprint density at radius 1 is 1.18 bits per heavy atom. The summed E-state index contributed by atoms with van der Waals surface area (Å²) in [4.78, 5) is 0.944. The second kappa shape index (κ2) is 8.03. The maximum atomic E-state index is 6.20. The van der Waals surface area contributed by atoms with E-state index in [4.69, 9.17) is 15.0 Å². The van der Waals surface area contributed by atoms with Gasteiger partial charge in [0.15, 0.2) is 5.82 Å². The highest BCUT2D eigenvalue weighted by Crippen LogP contribution is 2.34. The van der Waals surface area contributed by atoms with E-state index in [1.54, 1.807) is 18.4 Å². The lowest BCUT2D eigenvalue weighted by Gasteiger charge is -2.07. The maximum Gasteiger partial charge on any atom is 0.257 e. The summed E-state index contributed by atoms with van der Waals surface area (Å²) >= 11 is 2.98. The molecule has 0 saturated heterocycles. The number of nitrogens with two attached hydrogens (primary N) is 1. The molecule has 4 rings (SSSR count). The predicted octanol–water partition coefficient (Wildman–Crippen LogP) is 3.56. The molecule has 10 heteroatoms. The largest absolute Gasteiger partial charge is 0.497 e. The first-order valence-corrected chi connectivity index (χ1v) is 10.3. The van der Waals surface area contributed by atoms with Crippen LogP contribution in [0.2, 0.25) is 0 Å². The first-order chi connectivity index (χ1) is 13.6. The van der Waals surface area contributed by atoms with Crippen LogP contribution in [0, 0.1) is 0 Å². The zero-order valence-electron chi connectivity index (χ0n) is 15.3. The first-order valence-electron chi connectivity index (χ1n) is 8.50. The topological polar surface area (TPSA) is 105 Å². The fourth-order valence-electron chi connectivity index (χ4n) is 2.54. The molecular weight excluding hydrogens is 396 g/mol. The van der Waals surface area contributed by atoms with Crippen LogP contribution in [0.1, 0.15) is 29.5 Å². The van der Waals surface area contributed by atoms with E-state index in [1.165, 1.54) is 16.4 Å². The fraction of sp³-hybridized carbons (Fsp3) is 0.222. The molecule has 3 aromatic heterocycles. The Labute approximate surface area is 169 Å². The van der Waals surface area contributed by atoms with Gasteiger partial charge in [-0.05, 0) is 36.1 Å². The zero-order valence-corrected chi connectivity index (χ0v) is 16.9. The van der Waals surface area contributed by atoms with Crippen LogP contribution in [0.4, 0.5) is 0 Å². The number of nitrogens with zero attached hydrogens (tertiary/aromatic N) is 5. The third kappa shape index (κ3) is 3.87. The van der Waals surface area contributed by atoms with Crippen LogP contribution in [0.5, 0.6) is 5.75 Å². The Hall–Kier alpha value is -2.85. The minimum atomic E-state index is -0.110. The van der Waals surface area contributed by atoms with Gasteiger partial charge in [-0.3, -0.25) is 0 Å². The minimum Gasteiger partial charge on any atom is -0.497 e. The van der Waals surface area contributed by atoms with Crippen molar-refractivity contribution in [2.75, 3.05) is 13.0 Å². The monoisotopic (exact) mass is 414 g/mol. The highest BCUT2D eigenvalue weighted by Gasteiger charge is 2.20. The predicted molar refractivity (Wildman–Crippen MR) is 108 cm³/mol. The second-order valence-electron chi connectivity index (χ2n) is 5.98. The number of thiophene rings is 1. The Kier molecular flexibility index (Phi) is 5.31. The van der Waals surface area contributed by atoms with Gasteiger partial charge in [0.1, 0.15) is 5.75 Å². The summed E-state index contributed by atoms with van der Waals surface area (Å²) in [6.07, 6.45) is 0.575. The number of methoxy groups -OCH3 is 1. The van der Waals surface area contributed by atoms with Crippen LogP contribution in [-0.2, 0) is 6.42 Å². The summed E-state index contributed by atoms with van der Waals surface area (Å²) < 4.78 is 12.5. The lowest BCUT2D eigenvalue weighted by Crippen LogP contribution is -2.14. The van der Waals surface area contributed by atoms with Crippen molar-refractivity contribution in [1.29, 1.82) is 0 Å². The lowest BCUT2D eigenvalue weighted by atomic mass is 10.1. The molecule has 1 aromatic carbocycles. The number of nitrogen functional groups attached to an aromatic ring is 1. The molecule has 0 fully saturated rings. The van der Waals surface area contributed by atoms with Crippen molar-refractivity contribution in [3.8, 4) is 16.5 Å². The molecule has 0 unspecified atom stereocenters. The number of hydrogen-bond acceptors (Lipinski definition) is 9. The van der Waals surface area contributed by atoms with Crippen LogP contribution in [0.25, 0.3) is 10.8 Å². The minimum absolute atomic E-state index is 0.110. The highest BCUT2D eigenvalue weighted by atomic mass is 32.2. The van der Waals surface area contributed by atoms with Gasteiger partial charge in [0.2, 0.25) is 11.0 Å². The third-order valence-corrected chi connectivity index (χ3v) is 5.96. The van der Waals surface area contributed by atoms with Gasteiger partial charge >= 0.3 is 0 Å². The summed E-state index contributed by atoms with van der Waals surface area (Å²) in [6, 6.07) is 11.7. The number of hydrogen-bond donors (Lipinski definition) is 1. The molecule has 2 N–H and O–H groups in total. The molecule has 4 aromatic rings. The smallest absolute Gasteiger partial charge is 0.257 e. The molecule has 1 atom stereocenters. The first kappa shape index (κ1) is 18.5. The normalized spacial score (nSPS) is 12.2. The Morgan fingerprint density at radius 2 is 2.00 bits per heavy atom. The fourth-order valence-corrected chi connectivity index (χ4v) is 4.00. The van der Waals surface area contributed by atoms with Crippen molar-refractivity contribution in [3.05, 3.63) is 59.1 Å². The third-order valence-electron chi connectivity index (χ3n) is 4.06. The van der Waals surface area contributed by atoms with Gasteiger partial charge in [-0.25, -0.2) is 4.68 Å². The Morgan fingerprint density at radius 3 is 2.71 bits per heavy atom. The molecule has 0 aliphatic carbocycles. The molecule has 0 spiro atoms. The molecular formula is C18H18N6O2S2. The number of thioether (sulfide) groups is 1. The van der Waals surface area contributed by atoms with Crippen LogP contribution < -0.4 is 10.6 Å². The van der Waals surface area contributed by atoms with E-state index in [-0.39, 0.29) is 5.25 Å². The van der Waals surface area contributed by atoms with Crippen molar-refractivity contribution < 1.29 is 9.15 Å². The number of rotatable bonds is 7. The van der Waals surface area contributed by atoms with Gasteiger partial charge < -0.3 is 15.0 Å². The van der Waals surface area contributed by atoms with E-state index in [0.717, 1.165) is 16.2 Å². The zero-order chi connectivity index (χ0) is 19.5. The molecule has 28 heavy (non-hydrogen) atoms. The molecule has 0 aliphatic rings. The van der Waals surface area contributed by atoms with E-state index < -0.39 is 0 Å². The van der Waals surface area contributed by atoms with Crippen molar-refractivity contribution >= 4 is 23.1 Å². The number of aromatic nitrogens is 5. The average Bonchev–Trinajstić information content (AvgIpc) is 3.46. The van der Waals surface area contributed by atoms with Gasteiger partial charge in [-0.2, -0.15) is 0 Å². The summed E-state index contributed by atoms with van der Waals surface area (Å²) in [5.74, 6) is 8.72. The molecule has 0 aliphatic heterocycles. The van der Waals surface area contributed by atoms with Gasteiger partial charge in [0, 0.05) is 6.42 Å². The molecule has 144 valence electrons. The summed E-state index contributed by atoms with van der Waals surface area (Å²) in [6.45, 7) is 1.97. The molecule has 0 amide bonds. The maximum absolute atomic E-state index is 6.20. The van der Waals surface area contributed by atoms with Gasteiger partial charge in [0.25, 0.3) is 5.89 Å². The van der Waals surface area contributed by atoms with Crippen LogP contribution in [0.15, 0.2) is 51.4 Å². The Bertz CT molecular complexity index is 1040. The quantitative estimate of drug-likeness (QED) is 0.361. The van der Waals surface area contributed by atoms with Crippen molar-refractivity contribution in [2.24, 2.45) is 0 Å². The van der Waals surface area contributed by atoms with Gasteiger partial charge in [-0.15, -0.1) is 31.7 Å². The van der Waals surface area contributed by atoms with Crippen LogP contribution in [0.3, 0.4) is 0 Å². The SMILES string of the molecule is COc1ccc(Cc2nnc(S[C@H](C)c3nnc(-c4cccs4)o3)n2N)cc1. The molecule has 8 nitrogen and oxygen atoms in total.